The van der Waals surface area contributed by atoms with Crippen LogP contribution in [0.25, 0.3) is 0 Å². The van der Waals surface area contributed by atoms with Gasteiger partial charge in [0.25, 0.3) is 5.91 Å². The van der Waals surface area contributed by atoms with Crippen LogP contribution < -0.4 is 10.9 Å². The molecular formula is C21H22N4O4S. The number of hydrogen-bond acceptors (Lipinski definition) is 5. The Morgan fingerprint density at radius 3 is 2.27 bits per heavy atom. The number of rotatable bonds is 4. The molecule has 1 aliphatic heterocycles. The summed E-state index contributed by atoms with van der Waals surface area (Å²) in [7, 11) is -3.68. The molecule has 1 fully saturated rings. The van der Waals surface area contributed by atoms with Crippen LogP contribution in [0, 0.1) is 24.2 Å². The Bertz CT molecular complexity index is 1080. The van der Waals surface area contributed by atoms with E-state index in [4.69, 9.17) is 5.26 Å². The maximum Gasteiger partial charge on any atom is 0.269 e. The lowest BCUT2D eigenvalue weighted by Gasteiger charge is -2.30. The molecule has 1 aliphatic rings. The van der Waals surface area contributed by atoms with Gasteiger partial charge in [0.15, 0.2) is 0 Å². The Hall–Kier alpha value is -3.22. The molecule has 1 saturated heterocycles. The van der Waals surface area contributed by atoms with Gasteiger partial charge in [-0.15, -0.1) is 0 Å². The predicted molar refractivity (Wildman–Crippen MR) is 109 cm³/mol. The van der Waals surface area contributed by atoms with Crippen LogP contribution in [0.2, 0.25) is 0 Å². The second kappa shape index (κ2) is 9.07. The fourth-order valence-electron chi connectivity index (χ4n) is 3.32. The number of piperidine rings is 1. The quantitative estimate of drug-likeness (QED) is 0.722. The van der Waals surface area contributed by atoms with Crippen LogP contribution in [0.4, 0.5) is 0 Å². The summed E-state index contributed by atoms with van der Waals surface area (Å²) in [6, 6.07) is 14.7. The molecule has 0 spiro atoms. The summed E-state index contributed by atoms with van der Waals surface area (Å²) in [5, 5.41) is 8.84. The summed E-state index contributed by atoms with van der Waals surface area (Å²) in [5.74, 6) is -1.13. The third kappa shape index (κ3) is 4.67. The van der Waals surface area contributed by atoms with Gasteiger partial charge in [0.1, 0.15) is 0 Å². The van der Waals surface area contributed by atoms with Crippen molar-refractivity contribution in [2.75, 3.05) is 13.1 Å². The minimum Gasteiger partial charge on any atom is -0.273 e. The molecule has 0 aromatic heterocycles. The fraction of sp³-hybridized carbons (Fsp3) is 0.286. The molecule has 30 heavy (non-hydrogen) atoms. The lowest BCUT2D eigenvalue weighted by Crippen LogP contribution is -2.48. The molecule has 3 rings (SSSR count). The van der Waals surface area contributed by atoms with E-state index < -0.39 is 21.8 Å². The number of nitrogens with one attached hydrogen (secondary N) is 2. The summed E-state index contributed by atoms with van der Waals surface area (Å²) >= 11 is 0. The van der Waals surface area contributed by atoms with Gasteiger partial charge >= 0.3 is 0 Å². The highest BCUT2D eigenvalue weighted by Crippen LogP contribution is 2.24. The zero-order chi connectivity index (χ0) is 21.7. The SMILES string of the molecule is Cc1ccccc1C(=O)NNC(=O)C1CCN(S(=O)(=O)c2ccc(C#N)cc2)CC1. The van der Waals surface area contributed by atoms with Crippen LogP contribution in [-0.2, 0) is 14.8 Å². The number of carbonyl (C=O) groups excluding carboxylic acids is 2. The highest BCUT2D eigenvalue weighted by atomic mass is 32.2. The van der Waals surface area contributed by atoms with Gasteiger partial charge < -0.3 is 0 Å². The molecular weight excluding hydrogens is 404 g/mol. The number of carbonyl (C=O) groups is 2. The predicted octanol–water partition coefficient (Wildman–Crippen LogP) is 1.73. The normalized spacial score (nSPS) is 15.2. The molecule has 2 amide bonds. The molecule has 156 valence electrons. The number of sulfonamides is 1. The Kier molecular flexibility index (Phi) is 6.50. The lowest BCUT2D eigenvalue weighted by molar-refractivity contribution is -0.126. The largest absolute Gasteiger partial charge is 0.273 e. The van der Waals surface area contributed by atoms with Gasteiger partial charge in [0.2, 0.25) is 15.9 Å². The Morgan fingerprint density at radius 2 is 1.67 bits per heavy atom. The smallest absolute Gasteiger partial charge is 0.269 e. The van der Waals surface area contributed by atoms with Crippen molar-refractivity contribution in [1.29, 1.82) is 5.26 Å². The number of benzene rings is 2. The van der Waals surface area contributed by atoms with Crippen molar-refractivity contribution in [2.45, 2.75) is 24.7 Å². The van der Waals surface area contributed by atoms with Gasteiger partial charge in [0, 0.05) is 24.6 Å². The van der Waals surface area contributed by atoms with E-state index >= 15 is 0 Å². The van der Waals surface area contributed by atoms with Gasteiger partial charge in [0.05, 0.1) is 16.5 Å². The van der Waals surface area contributed by atoms with Gasteiger partial charge in [-0.3, -0.25) is 20.4 Å². The molecule has 0 radical (unpaired) electrons. The summed E-state index contributed by atoms with van der Waals surface area (Å²) in [4.78, 5) is 24.7. The number of nitrogens with zero attached hydrogens (tertiary/aromatic N) is 2. The molecule has 0 unspecified atom stereocenters. The minimum absolute atomic E-state index is 0.120. The number of aryl methyl sites for hydroxylation is 1. The first kappa shape index (κ1) is 21.5. The van der Waals surface area contributed by atoms with Crippen LogP contribution in [0.1, 0.15) is 34.3 Å². The minimum atomic E-state index is -3.68. The third-order valence-corrected chi connectivity index (χ3v) is 7.05. The maximum atomic E-state index is 12.8. The van der Waals surface area contributed by atoms with E-state index in [2.05, 4.69) is 10.9 Å². The van der Waals surface area contributed by atoms with Gasteiger partial charge in [-0.05, 0) is 55.7 Å². The molecule has 8 nitrogen and oxygen atoms in total. The van der Waals surface area contributed by atoms with Crippen molar-refractivity contribution in [1.82, 2.24) is 15.2 Å². The fourth-order valence-corrected chi connectivity index (χ4v) is 4.79. The van der Waals surface area contributed by atoms with E-state index in [0.717, 1.165) is 5.56 Å². The van der Waals surface area contributed by atoms with Crippen LogP contribution in [-0.4, -0.2) is 37.6 Å². The molecule has 0 bridgehead atoms. The monoisotopic (exact) mass is 426 g/mol. The molecule has 0 saturated carbocycles. The van der Waals surface area contributed by atoms with E-state index in [0.29, 0.717) is 24.0 Å². The summed E-state index contributed by atoms with van der Waals surface area (Å²) < 4.78 is 26.8. The van der Waals surface area contributed by atoms with Crippen molar-refractivity contribution >= 4 is 21.8 Å². The first-order chi connectivity index (χ1) is 14.3. The topological polar surface area (TPSA) is 119 Å². The third-order valence-electron chi connectivity index (χ3n) is 5.13. The zero-order valence-electron chi connectivity index (χ0n) is 16.5. The van der Waals surface area contributed by atoms with Crippen molar-refractivity contribution in [3.05, 3.63) is 65.2 Å². The van der Waals surface area contributed by atoms with Crippen LogP contribution in [0.5, 0.6) is 0 Å². The molecule has 9 heteroatoms. The van der Waals surface area contributed by atoms with Crippen molar-refractivity contribution in [2.24, 2.45) is 5.92 Å². The number of nitriles is 1. The molecule has 0 aliphatic carbocycles. The lowest BCUT2D eigenvalue weighted by atomic mass is 9.97. The van der Waals surface area contributed by atoms with Gasteiger partial charge in [-0.1, -0.05) is 18.2 Å². The van der Waals surface area contributed by atoms with E-state index in [-0.39, 0.29) is 23.9 Å². The molecule has 2 aromatic rings. The second-order valence-corrected chi connectivity index (χ2v) is 9.01. The Balaban J connectivity index is 1.54. The molecule has 0 atom stereocenters. The highest BCUT2D eigenvalue weighted by molar-refractivity contribution is 7.89. The van der Waals surface area contributed by atoms with Gasteiger partial charge in [-0.2, -0.15) is 9.57 Å². The van der Waals surface area contributed by atoms with Crippen LogP contribution in [0.15, 0.2) is 53.4 Å². The average molecular weight is 426 g/mol. The summed E-state index contributed by atoms with van der Waals surface area (Å²) in [5.41, 5.74) is 6.51. The van der Waals surface area contributed by atoms with Gasteiger partial charge in [-0.25, -0.2) is 8.42 Å². The maximum absolute atomic E-state index is 12.8. The number of hydrazine groups is 1. The van der Waals surface area contributed by atoms with Crippen LogP contribution in [0.3, 0.4) is 0 Å². The first-order valence-corrected chi connectivity index (χ1v) is 10.9. The van der Waals surface area contributed by atoms with Crippen molar-refractivity contribution in [3.63, 3.8) is 0 Å². The van der Waals surface area contributed by atoms with E-state index in [9.17, 15) is 18.0 Å². The standard InChI is InChI=1S/C21H22N4O4S/c1-15-4-2-3-5-19(15)21(27)24-23-20(26)17-10-12-25(13-11-17)30(28,29)18-8-6-16(14-22)7-9-18/h2-9,17H,10-13H2,1H3,(H,23,26)(H,24,27). The number of hydrogen-bond donors (Lipinski definition) is 2. The van der Waals surface area contributed by atoms with E-state index in [1.165, 1.54) is 28.6 Å². The Labute approximate surface area is 175 Å². The van der Waals surface area contributed by atoms with Crippen LogP contribution >= 0.6 is 0 Å². The van der Waals surface area contributed by atoms with Crippen molar-refractivity contribution < 1.29 is 18.0 Å². The molecule has 2 aromatic carbocycles. The average Bonchev–Trinajstić information content (AvgIpc) is 2.77. The number of amides is 2. The molecule has 1 heterocycles. The highest BCUT2D eigenvalue weighted by Gasteiger charge is 2.32. The Morgan fingerprint density at radius 1 is 1.03 bits per heavy atom. The second-order valence-electron chi connectivity index (χ2n) is 7.07. The van der Waals surface area contributed by atoms with E-state index in [1.807, 2.05) is 12.1 Å². The summed E-state index contributed by atoms with van der Waals surface area (Å²) in [6.07, 6.45) is 0.698. The zero-order valence-corrected chi connectivity index (χ0v) is 17.3. The van der Waals surface area contributed by atoms with E-state index in [1.54, 1.807) is 25.1 Å². The first-order valence-electron chi connectivity index (χ1n) is 9.49. The summed E-state index contributed by atoms with van der Waals surface area (Å²) in [6.45, 7) is 2.21. The van der Waals surface area contributed by atoms with Crippen molar-refractivity contribution in [3.8, 4) is 6.07 Å². The molecule has 2 N–H and O–H groups in total.